The van der Waals surface area contributed by atoms with E-state index in [2.05, 4.69) is 4.98 Å². The highest BCUT2D eigenvalue weighted by atomic mass is 35.5. The van der Waals surface area contributed by atoms with Gasteiger partial charge in [0.15, 0.2) is 0 Å². The molecule has 1 aromatic heterocycles. The Morgan fingerprint density at radius 1 is 1.43 bits per heavy atom. The summed E-state index contributed by atoms with van der Waals surface area (Å²) in [5.74, 6) is 0. The summed E-state index contributed by atoms with van der Waals surface area (Å²) in [6, 6.07) is 3.92. The fourth-order valence-corrected chi connectivity index (χ4v) is 2.82. The van der Waals surface area contributed by atoms with Crippen molar-refractivity contribution in [3.05, 3.63) is 23.5 Å². The van der Waals surface area contributed by atoms with Gasteiger partial charge in [0.1, 0.15) is 5.15 Å². The number of ether oxygens (including phenoxy) is 1. The fraction of sp³-hybridized carbons (Fsp3) is 0.500. The van der Waals surface area contributed by atoms with Crippen LogP contribution in [0.1, 0.15) is 12.8 Å². The van der Waals surface area contributed by atoms with Crippen molar-refractivity contribution in [3.8, 4) is 0 Å². The van der Waals surface area contributed by atoms with E-state index in [9.17, 15) is 0 Å². The van der Waals surface area contributed by atoms with E-state index in [0.717, 1.165) is 26.1 Å². The van der Waals surface area contributed by atoms with E-state index in [0.29, 0.717) is 10.4 Å². The van der Waals surface area contributed by atoms with Gasteiger partial charge in [0.2, 0.25) is 0 Å². The molecule has 1 saturated heterocycles. The highest BCUT2D eigenvalue weighted by molar-refractivity contribution is 8.00. The van der Waals surface area contributed by atoms with E-state index in [1.807, 2.05) is 23.9 Å². The smallest absolute Gasteiger partial charge is 0.130 e. The Kier molecular flexibility index (Phi) is 3.67. The lowest BCUT2D eigenvalue weighted by molar-refractivity contribution is 0.100. The van der Waals surface area contributed by atoms with Crippen LogP contribution < -0.4 is 0 Å². The van der Waals surface area contributed by atoms with E-state index in [1.54, 1.807) is 6.20 Å². The van der Waals surface area contributed by atoms with Crippen LogP contribution in [0.5, 0.6) is 0 Å². The Bertz CT molecular complexity index is 302. The molecule has 1 fully saturated rings. The maximum atomic E-state index is 5.81. The number of thioether (sulfide) groups is 1. The van der Waals surface area contributed by atoms with Crippen LogP contribution in [-0.2, 0) is 4.74 Å². The average Bonchev–Trinajstić information content (AvgIpc) is 2.19. The molecule has 2 nitrogen and oxygen atoms in total. The molecule has 0 atom stereocenters. The predicted molar refractivity (Wildman–Crippen MR) is 58.9 cm³/mol. The van der Waals surface area contributed by atoms with Crippen molar-refractivity contribution in [2.75, 3.05) is 13.2 Å². The second-order valence-corrected chi connectivity index (χ2v) is 5.00. The molecule has 0 N–H and O–H groups in total. The molecule has 0 aliphatic carbocycles. The molecule has 2 heterocycles. The van der Waals surface area contributed by atoms with Crippen LogP contribution in [0.2, 0.25) is 5.15 Å². The zero-order chi connectivity index (χ0) is 9.80. The van der Waals surface area contributed by atoms with Crippen molar-refractivity contribution in [1.29, 1.82) is 0 Å². The van der Waals surface area contributed by atoms with Crippen LogP contribution in [-0.4, -0.2) is 23.4 Å². The number of pyridine rings is 1. The van der Waals surface area contributed by atoms with Crippen molar-refractivity contribution in [2.45, 2.75) is 23.0 Å². The molecule has 0 unspecified atom stereocenters. The summed E-state index contributed by atoms with van der Waals surface area (Å²) in [4.78, 5) is 5.17. The topological polar surface area (TPSA) is 22.1 Å². The third-order valence-corrected chi connectivity index (χ3v) is 3.71. The quantitative estimate of drug-likeness (QED) is 0.728. The molecule has 0 spiro atoms. The molecule has 2 rings (SSSR count). The molecule has 1 aromatic rings. The van der Waals surface area contributed by atoms with E-state index in [-0.39, 0.29) is 0 Å². The number of hydrogen-bond donors (Lipinski definition) is 0. The Labute approximate surface area is 93.0 Å². The third kappa shape index (κ3) is 2.87. The van der Waals surface area contributed by atoms with E-state index >= 15 is 0 Å². The van der Waals surface area contributed by atoms with Gasteiger partial charge in [0.25, 0.3) is 0 Å². The number of aromatic nitrogens is 1. The van der Waals surface area contributed by atoms with Gasteiger partial charge < -0.3 is 4.74 Å². The largest absolute Gasteiger partial charge is 0.381 e. The number of halogens is 1. The van der Waals surface area contributed by atoms with Crippen molar-refractivity contribution in [2.24, 2.45) is 0 Å². The Morgan fingerprint density at radius 2 is 2.21 bits per heavy atom. The molecule has 4 heteroatoms. The maximum absolute atomic E-state index is 5.81. The maximum Gasteiger partial charge on any atom is 0.130 e. The first kappa shape index (κ1) is 10.3. The van der Waals surface area contributed by atoms with Gasteiger partial charge in [-0.1, -0.05) is 11.6 Å². The number of hydrogen-bond acceptors (Lipinski definition) is 3. The molecule has 14 heavy (non-hydrogen) atoms. The minimum absolute atomic E-state index is 0.571. The zero-order valence-electron chi connectivity index (χ0n) is 7.78. The van der Waals surface area contributed by atoms with Crippen molar-refractivity contribution in [1.82, 2.24) is 4.98 Å². The monoisotopic (exact) mass is 229 g/mol. The molecule has 76 valence electrons. The summed E-state index contributed by atoms with van der Waals surface area (Å²) in [5, 5.41) is 1.24. The average molecular weight is 230 g/mol. The van der Waals surface area contributed by atoms with Crippen LogP contribution in [0, 0.1) is 0 Å². The van der Waals surface area contributed by atoms with Crippen LogP contribution >= 0.6 is 23.4 Å². The van der Waals surface area contributed by atoms with Gasteiger partial charge in [-0.25, -0.2) is 4.98 Å². The minimum Gasteiger partial charge on any atom is -0.381 e. The first-order valence-corrected chi connectivity index (χ1v) is 5.96. The lowest BCUT2D eigenvalue weighted by Crippen LogP contribution is -2.17. The Balaban J connectivity index is 1.95. The SMILES string of the molecule is Clc1cc(SC2CCOCC2)ccn1. The van der Waals surface area contributed by atoms with Gasteiger partial charge in [-0.3, -0.25) is 0 Å². The number of nitrogens with zero attached hydrogens (tertiary/aromatic N) is 1. The van der Waals surface area contributed by atoms with Crippen molar-refractivity contribution in [3.63, 3.8) is 0 Å². The Morgan fingerprint density at radius 3 is 2.93 bits per heavy atom. The summed E-state index contributed by atoms with van der Waals surface area (Å²) in [6.07, 6.45) is 4.01. The molecule has 0 radical (unpaired) electrons. The second-order valence-electron chi connectivity index (χ2n) is 3.24. The van der Waals surface area contributed by atoms with Gasteiger partial charge >= 0.3 is 0 Å². The van der Waals surface area contributed by atoms with Crippen LogP contribution in [0.25, 0.3) is 0 Å². The molecular formula is C10H12ClNOS. The Hall–Kier alpha value is -0.250. The van der Waals surface area contributed by atoms with E-state index in [4.69, 9.17) is 16.3 Å². The van der Waals surface area contributed by atoms with E-state index in [1.165, 1.54) is 4.90 Å². The standard InChI is InChI=1S/C10H12ClNOS/c11-10-7-9(1-4-12-10)14-8-2-5-13-6-3-8/h1,4,7-8H,2-3,5-6H2. The van der Waals surface area contributed by atoms with Gasteiger partial charge in [-0.15, -0.1) is 11.8 Å². The van der Waals surface area contributed by atoms with Crippen LogP contribution in [0.15, 0.2) is 23.2 Å². The molecule has 1 aliphatic heterocycles. The molecule has 1 aliphatic rings. The minimum atomic E-state index is 0.571. The highest BCUT2D eigenvalue weighted by Gasteiger charge is 2.14. The van der Waals surface area contributed by atoms with Crippen molar-refractivity contribution >= 4 is 23.4 Å². The van der Waals surface area contributed by atoms with Crippen LogP contribution in [0.3, 0.4) is 0 Å². The summed E-state index contributed by atoms with van der Waals surface area (Å²) in [6.45, 7) is 1.77. The molecule has 0 saturated carbocycles. The summed E-state index contributed by atoms with van der Waals surface area (Å²) >= 11 is 7.69. The lowest BCUT2D eigenvalue weighted by atomic mass is 10.2. The summed E-state index contributed by atoms with van der Waals surface area (Å²) in [5.41, 5.74) is 0. The first-order valence-electron chi connectivity index (χ1n) is 4.70. The highest BCUT2D eigenvalue weighted by Crippen LogP contribution is 2.30. The normalized spacial score (nSPS) is 18.4. The molecule has 0 aromatic carbocycles. The van der Waals surface area contributed by atoms with Gasteiger partial charge in [-0.05, 0) is 25.0 Å². The fourth-order valence-electron chi connectivity index (χ4n) is 1.44. The molecule has 0 bridgehead atoms. The van der Waals surface area contributed by atoms with Crippen molar-refractivity contribution < 1.29 is 4.74 Å². The second kappa shape index (κ2) is 5.01. The summed E-state index contributed by atoms with van der Waals surface area (Å²) < 4.78 is 5.31. The predicted octanol–water partition coefficient (Wildman–Crippen LogP) is 3.01. The third-order valence-electron chi connectivity index (χ3n) is 2.17. The summed E-state index contributed by atoms with van der Waals surface area (Å²) in [7, 11) is 0. The van der Waals surface area contributed by atoms with E-state index < -0.39 is 0 Å². The van der Waals surface area contributed by atoms with Gasteiger partial charge in [0, 0.05) is 29.6 Å². The zero-order valence-corrected chi connectivity index (χ0v) is 9.35. The van der Waals surface area contributed by atoms with Gasteiger partial charge in [0.05, 0.1) is 0 Å². The molecular weight excluding hydrogens is 218 g/mol. The molecule has 0 amide bonds. The lowest BCUT2D eigenvalue weighted by Gasteiger charge is -2.21. The first-order chi connectivity index (χ1) is 6.84. The van der Waals surface area contributed by atoms with Gasteiger partial charge in [-0.2, -0.15) is 0 Å². The van der Waals surface area contributed by atoms with Crippen LogP contribution in [0.4, 0.5) is 0 Å². The number of rotatable bonds is 2.